The van der Waals surface area contributed by atoms with Gasteiger partial charge in [-0.2, -0.15) is 0 Å². The van der Waals surface area contributed by atoms with Gasteiger partial charge >= 0.3 is 0 Å². The van der Waals surface area contributed by atoms with Gasteiger partial charge in [-0.15, -0.1) is 0 Å². The monoisotopic (exact) mass is 130 g/mol. The molecule has 1 N–H and O–H groups in total. The lowest BCUT2D eigenvalue weighted by Gasteiger charge is -2.14. The molecule has 0 aromatic heterocycles. The molecule has 0 aliphatic rings. The summed E-state index contributed by atoms with van der Waals surface area (Å²) in [7, 11) is 1.36. The Hall–Kier alpha value is -0.670. The number of hydrogen-bond donors (Lipinski definition) is 1. The second kappa shape index (κ2) is 3.37. The van der Waals surface area contributed by atoms with Crippen LogP contribution in [-0.4, -0.2) is 24.3 Å². The maximum Gasteiger partial charge on any atom is 0.182 e. The lowest BCUT2D eigenvalue weighted by Crippen LogP contribution is -2.22. The van der Waals surface area contributed by atoms with Crippen molar-refractivity contribution < 1.29 is 14.6 Å². The maximum absolute atomic E-state index is 9.71. The first-order valence-electron chi connectivity index (χ1n) is 2.53. The van der Waals surface area contributed by atoms with Crippen LogP contribution in [0.1, 0.15) is 6.92 Å². The molecule has 0 rings (SSSR count). The predicted molar refractivity (Wildman–Crippen MR) is 32.8 cm³/mol. The van der Waals surface area contributed by atoms with E-state index in [1.54, 1.807) is 0 Å². The molecule has 0 fully saturated rings. The quantitative estimate of drug-likeness (QED) is 0.335. The Morgan fingerprint density at radius 2 is 2.22 bits per heavy atom. The van der Waals surface area contributed by atoms with Crippen molar-refractivity contribution in [2.24, 2.45) is 0 Å². The first-order valence-corrected chi connectivity index (χ1v) is 2.53. The van der Waals surface area contributed by atoms with Crippen molar-refractivity contribution in [3.05, 3.63) is 12.2 Å². The first kappa shape index (κ1) is 8.33. The van der Waals surface area contributed by atoms with Crippen molar-refractivity contribution in [2.45, 2.75) is 12.7 Å². The van der Waals surface area contributed by atoms with Crippen LogP contribution in [0.5, 0.6) is 0 Å². The van der Waals surface area contributed by atoms with Crippen LogP contribution in [-0.2, 0) is 9.53 Å². The standard InChI is InChI=1S/C6H10O3/c1-6(8,9-2)4-3-5-7/h3-5,8H,1-2H3/b4-3-. The molecule has 0 spiro atoms. The number of rotatable bonds is 3. The highest BCUT2D eigenvalue weighted by molar-refractivity contribution is 5.64. The minimum absolute atomic E-state index is 0.577. The largest absolute Gasteiger partial charge is 0.362 e. The van der Waals surface area contributed by atoms with Gasteiger partial charge in [0.2, 0.25) is 0 Å². The van der Waals surface area contributed by atoms with Crippen LogP contribution in [0.4, 0.5) is 0 Å². The van der Waals surface area contributed by atoms with E-state index in [2.05, 4.69) is 4.74 Å². The highest BCUT2D eigenvalue weighted by Crippen LogP contribution is 2.03. The maximum atomic E-state index is 9.71. The zero-order chi connectivity index (χ0) is 7.33. The molecule has 0 aliphatic heterocycles. The molecule has 3 heteroatoms. The van der Waals surface area contributed by atoms with E-state index in [0.717, 1.165) is 0 Å². The number of aldehydes is 1. The highest BCUT2D eigenvalue weighted by Gasteiger charge is 2.12. The average molecular weight is 130 g/mol. The van der Waals surface area contributed by atoms with Crippen LogP contribution in [0.15, 0.2) is 12.2 Å². The molecule has 0 aromatic rings. The molecule has 0 aromatic carbocycles. The SMILES string of the molecule is COC(C)(O)/C=C\C=O. The van der Waals surface area contributed by atoms with Crippen molar-refractivity contribution >= 4 is 6.29 Å². The molecule has 0 aliphatic carbocycles. The fraction of sp³-hybridized carbons (Fsp3) is 0.500. The van der Waals surface area contributed by atoms with E-state index in [4.69, 9.17) is 5.11 Å². The molecule has 52 valence electrons. The van der Waals surface area contributed by atoms with Gasteiger partial charge in [0.1, 0.15) is 6.29 Å². The summed E-state index contributed by atoms with van der Waals surface area (Å²) in [6.45, 7) is 1.44. The third-order valence-corrected chi connectivity index (χ3v) is 0.897. The Bertz CT molecular complexity index is 115. The number of carbonyl (C=O) groups is 1. The molecule has 1 atom stereocenters. The van der Waals surface area contributed by atoms with E-state index in [0.29, 0.717) is 6.29 Å². The van der Waals surface area contributed by atoms with Crippen LogP contribution >= 0.6 is 0 Å². The summed E-state index contributed by atoms with van der Waals surface area (Å²) in [4.78, 5) is 9.71. The zero-order valence-corrected chi connectivity index (χ0v) is 5.50. The van der Waals surface area contributed by atoms with Gasteiger partial charge in [0.25, 0.3) is 0 Å². The van der Waals surface area contributed by atoms with Crippen molar-refractivity contribution in [3.63, 3.8) is 0 Å². The highest BCUT2D eigenvalue weighted by atomic mass is 16.6. The molecule has 0 bridgehead atoms. The van der Waals surface area contributed by atoms with E-state index in [-0.39, 0.29) is 0 Å². The number of carbonyl (C=O) groups excluding carboxylic acids is 1. The van der Waals surface area contributed by atoms with Crippen LogP contribution < -0.4 is 0 Å². The molecule has 9 heavy (non-hydrogen) atoms. The summed E-state index contributed by atoms with van der Waals surface area (Å²) < 4.78 is 4.55. The summed E-state index contributed by atoms with van der Waals surface area (Å²) >= 11 is 0. The van der Waals surface area contributed by atoms with Crippen molar-refractivity contribution in [1.29, 1.82) is 0 Å². The van der Waals surface area contributed by atoms with Gasteiger partial charge in [-0.05, 0) is 19.1 Å². The van der Waals surface area contributed by atoms with Gasteiger partial charge in [0, 0.05) is 7.11 Å². The van der Waals surface area contributed by atoms with E-state index in [1.165, 1.54) is 26.2 Å². The molecule has 0 saturated carbocycles. The van der Waals surface area contributed by atoms with Gasteiger partial charge in [-0.3, -0.25) is 4.79 Å². The fourth-order valence-corrected chi connectivity index (χ4v) is 0.286. The van der Waals surface area contributed by atoms with Crippen LogP contribution in [0.2, 0.25) is 0 Å². The zero-order valence-electron chi connectivity index (χ0n) is 5.50. The smallest absolute Gasteiger partial charge is 0.182 e. The van der Waals surface area contributed by atoms with Gasteiger partial charge in [0.15, 0.2) is 5.79 Å². The molecule has 0 heterocycles. The Morgan fingerprint density at radius 3 is 2.56 bits per heavy atom. The van der Waals surface area contributed by atoms with Crippen molar-refractivity contribution in [3.8, 4) is 0 Å². The molecule has 1 unspecified atom stereocenters. The summed E-state index contributed by atoms with van der Waals surface area (Å²) in [5, 5.41) is 8.99. The molecule has 0 saturated heterocycles. The number of ether oxygens (including phenoxy) is 1. The molecule has 0 amide bonds. The Morgan fingerprint density at radius 1 is 1.67 bits per heavy atom. The van der Waals surface area contributed by atoms with E-state index >= 15 is 0 Å². The summed E-state index contributed by atoms with van der Waals surface area (Å²) in [6, 6.07) is 0. The van der Waals surface area contributed by atoms with Crippen LogP contribution in [0, 0.1) is 0 Å². The second-order valence-electron chi connectivity index (χ2n) is 1.75. The van der Waals surface area contributed by atoms with Gasteiger partial charge in [0.05, 0.1) is 0 Å². The molecular formula is C6H10O3. The van der Waals surface area contributed by atoms with Crippen molar-refractivity contribution in [1.82, 2.24) is 0 Å². The van der Waals surface area contributed by atoms with E-state index in [9.17, 15) is 4.79 Å². The number of methoxy groups -OCH3 is 1. The lowest BCUT2D eigenvalue weighted by atomic mass is 10.3. The fourth-order valence-electron chi connectivity index (χ4n) is 0.286. The molecular weight excluding hydrogens is 120 g/mol. The summed E-state index contributed by atoms with van der Waals surface area (Å²) in [5.74, 6) is -1.32. The summed E-state index contributed by atoms with van der Waals surface area (Å²) in [5.41, 5.74) is 0. The topological polar surface area (TPSA) is 46.5 Å². The summed E-state index contributed by atoms with van der Waals surface area (Å²) in [6.07, 6.45) is 3.02. The molecule has 3 nitrogen and oxygen atoms in total. The van der Waals surface area contributed by atoms with Crippen molar-refractivity contribution in [2.75, 3.05) is 7.11 Å². The minimum atomic E-state index is -1.32. The van der Waals surface area contributed by atoms with Gasteiger partial charge < -0.3 is 9.84 Å². The van der Waals surface area contributed by atoms with E-state index in [1.807, 2.05) is 0 Å². The number of aliphatic hydroxyl groups is 1. The Kier molecular flexibility index (Phi) is 3.12. The first-order chi connectivity index (χ1) is 4.12. The van der Waals surface area contributed by atoms with Gasteiger partial charge in [-0.25, -0.2) is 0 Å². The Labute approximate surface area is 53.9 Å². The number of hydrogen-bond acceptors (Lipinski definition) is 3. The third kappa shape index (κ3) is 3.88. The van der Waals surface area contributed by atoms with Gasteiger partial charge in [-0.1, -0.05) is 0 Å². The predicted octanol–water partition coefficient (Wildman–Crippen LogP) is 0.0964. The minimum Gasteiger partial charge on any atom is -0.362 e. The molecule has 0 radical (unpaired) electrons. The average Bonchev–Trinajstić information content (AvgIpc) is 1.84. The normalized spacial score (nSPS) is 17.7. The third-order valence-electron chi connectivity index (χ3n) is 0.897. The number of allylic oxidation sites excluding steroid dienone is 1. The lowest BCUT2D eigenvalue weighted by molar-refractivity contribution is -0.131. The van der Waals surface area contributed by atoms with E-state index < -0.39 is 5.79 Å². The Balaban J connectivity index is 3.84. The van der Waals surface area contributed by atoms with Crippen LogP contribution in [0.25, 0.3) is 0 Å². The second-order valence-corrected chi connectivity index (χ2v) is 1.75. The van der Waals surface area contributed by atoms with Crippen LogP contribution in [0.3, 0.4) is 0 Å².